The van der Waals surface area contributed by atoms with Crippen molar-refractivity contribution < 1.29 is 9.90 Å². The first-order chi connectivity index (χ1) is 7.62. The molecule has 0 radical (unpaired) electrons. The minimum absolute atomic E-state index is 0.623. The lowest BCUT2D eigenvalue weighted by Gasteiger charge is -2.25. The molecule has 1 unspecified atom stereocenters. The van der Waals surface area contributed by atoms with Crippen LogP contribution in [0.4, 0.5) is 5.69 Å². The summed E-state index contributed by atoms with van der Waals surface area (Å²) in [5.74, 6) is 0.759. The fourth-order valence-corrected chi connectivity index (χ4v) is 3.29. The molecule has 2 rings (SSSR count). The molecule has 0 aromatic heterocycles. The Bertz CT molecular complexity index is 387. The maximum absolute atomic E-state index is 11.3. The highest BCUT2D eigenvalue weighted by Crippen LogP contribution is 2.32. The quantitative estimate of drug-likeness (QED) is 0.901. The lowest BCUT2D eigenvalue weighted by molar-refractivity contribution is -0.141. The molecular weight excluding hydrogens is 290 g/mol. The van der Waals surface area contributed by atoms with Gasteiger partial charge in [-0.2, -0.15) is 11.8 Å². The lowest BCUT2D eigenvalue weighted by atomic mass is 9.99. The number of carbonyl (C=O) groups is 1. The third-order valence-electron chi connectivity index (χ3n) is 2.66. The predicted octanol–water partition coefficient (Wildman–Crippen LogP) is 2.82. The predicted molar refractivity (Wildman–Crippen MR) is 70.1 cm³/mol. The summed E-state index contributed by atoms with van der Waals surface area (Å²) in [6, 6.07) is 7.58. The molecule has 0 spiro atoms. The van der Waals surface area contributed by atoms with Crippen molar-refractivity contribution in [1.29, 1.82) is 0 Å². The first kappa shape index (κ1) is 11.8. The molecular formula is C11H12BrNO2S. The monoisotopic (exact) mass is 301 g/mol. The third-order valence-corrected chi connectivity index (χ3v) is 4.38. The topological polar surface area (TPSA) is 49.3 Å². The molecule has 1 aromatic carbocycles. The fraction of sp³-hybridized carbons (Fsp3) is 0.364. The third kappa shape index (κ3) is 2.35. The number of hydrogen-bond donors (Lipinski definition) is 2. The molecule has 86 valence electrons. The summed E-state index contributed by atoms with van der Waals surface area (Å²) in [4.78, 5) is 11.3. The van der Waals surface area contributed by atoms with E-state index in [1.807, 2.05) is 24.3 Å². The van der Waals surface area contributed by atoms with Gasteiger partial charge >= 0.3 is 5.97 Å². The van der Waals surface area contributed by atoms with Crippen LogP contribution in [0.15, 0.2) is 28.7 Å². The molecule has 1 aromatic rings. The van der Waals surface area contributed by atoms with E-state index in [9.17, 15) is 9.90 Å². The van der Waals surface area contributed by atoms with Crippen molar-refractivity contribution in [1.82, 2.24) is 0 Å². The average Bonchev–Trinajstić information content (AvgIpc) is 2.71. The zero-order valence-electron chi connectivity index (χ0n) is 8.57. The van der Waals surface area contributed by atoms with Crippen LogP contribution in [0.3, 0.4) is 0 Å². The molecule has 1 heterocycles. The van der Waals surface area contributed by atoms with Gasteiger partial charge in [-0.25, -0.2) is 4.79 Å². The van der Waals surface area contributed by atoms with Crippen LogP contribution >= 0.6 is 27.7 Å². The minimum Gasteiger partial charge on any atom is -0.479 e. The van der Waals surface area contributed by atoms with Crippen LogP contribution in [0, 0.1) is 0 Å². The van der Waals surface area contributed by atoms with E-state index in [4.69, 9.17) is 0 Å². The number of anilines is 1. The number of thioether (sulfide) groups is 1. The smallest absolute Gasteiger partial charge is 0.330 e. The van der Waals surface area contributed by atoms with Crippen LogP contribution in [-0.4, -0.2) is 28.1 Å². The summed E-state index contributed by atoms with van der Waals surface area (Å²) in [5.41, 5.74) is 0.0616. The molecule has 1 saturated heterocycles. The van der Waals surface area contributed by atoms with Crippen LogP contribution < -0.4 is 5.32 Å². The largest absolute Gasteiger partial charge is 0.479 e. The zero-order valence-corrected chi connectivity index (χ0v) is 11.0. The van der Waals surface area contributed by atoms with E-state index >= 15 is 0 Å². The first-order valence-electron chi connectivity index (χ1n) is 4.97. The van der Waals surface area contributed by atoms with Gasteiger partial charge < -0.3 is 10.4 Å². The van der Waals surface area contributed by atoms with Gasteiger partial charge in [-0.1, -0.05) is 15.9 Å². The van der Waals surface area contributed by atoms with Gasteiger partial charge in [0.05, 0.1) is 0 Å². The Kier molecular flexibility index (Phi) is 3.44. The highest BCUT2D eigenvalue weighted by Gasteiger charge is 2.41. The average molecular weight is 302 g/mol. The van der Waals surface area contributed by atoms with Gasteiger partial charge in [0.15, 0.2) is 0 Å². The Hall–Kier alpha value is -0.680. The van der Waals surface area contributed by atoms with Gasteiger partial charge in [0, 0.05) is 15.9 Å². The summed E-state index contributed by atoms with van der Waals surface area (Å²) in [5, 5.41) is 12.4. The molecule has 16 heavy (non-hydrogen) atoms. The first-order valence-corrected chi connectivity index (χ1v) is 6.92. The molecule has 3 nitrogen and oxygen atoms in total. The number of hydrogen-bond acceptors (Lipinski definition) is 3. The highest BCUT2D eigenvalue weighted by molar-refractivity contribution is 9.10. The van der Waals surface area contributed by atoms with Crippen LogP contribution in [0.25, 0.3) is 0 Å². The van der Waals surface area contributed by atoms with E-state index in [1.165, 1.54) is 0 Å². The van der Waals surface area contributed by atoms with Crippen LogP contribution in [0.1, 0.15) is 6.42 Å². The van der Waals surface area contributed by atoms with E-state index in [0.29, 0.717) is 12.2 Å². The highest BCUT2D eigenvalue weighted by atomic mass is 79.9. The van der Waals surface area contributed by atoms with Crippen LogP contribution in [0.2, 0.25) is 0 Å². The van der Waals surface area contributed by atoms with Crippen molar-refractivity contribution in [2.24, 2.45) is 0 Å². The Morgan fingerprint density at radius 3 is 2.62 bits per heavy atom. The van der Waals surface area contributed by atoms with Crippen molar-refractivity contribution in [3.8, 4) is 0 Å². The van der Waals surface area contributed by atoms with Crippen molar-refractivity contribution >= 4 is 39.3 Å². The second-order valence-corrected chi connectivity index (χ2v) is 5.84. The van der Waals surface area contributed by atoms with Gasteiger partial charge in [-0.3, -0.25) is 0 Å². The number of aliphatic carboxylic acids is 1. The summed E-state index contributed by atoms with van der Waals surface area (Å²) in [6.45, 7) is 0. The second kappa shape index (κ2) is 4.67. The molecule has 1 aliphatic heterocycles. The summed E-state index contributed by atoms with van der Waals surface area (Å²) in [7, 11) is 0. The molecule has 0 aliphatic carbocycles. The van der Waals surface area contributed by atoms with E-state index in [1.54, 1.807) is 11.8 Å². The maximum atomic E-state index is 11.3. The van der Waals surface area contributed by atoms with E-state index in [-0.39, 0.29) is 0 Å². The standard InChI is InChI=1S/C11H12BrNO2S/c12-8-1-3-9(4-2-8)13-11(10(14)15)5-6-16-7-11/h1-4,13H,5-7H2,(H,14,15). The fourth-order valence-electron chi connectivity index (χ4n) is 1.70. The Morgan fingerprint density at radius 1 is 1.44 bits per heavy atom. The van der Waals surface area contributed by atoms with Crippen molar-refractivity contribution in [2.75, 3.05) is 16.8 Å². The number of carboxylic acid groups (broad SMARTS) is 1. The van der Waals surface area contributed by atoms with E-state index < -0.39 is 11.5 Å². The number of nitrogens with one attached hydrogen (secondary N) is 1. The molecule has 0 saturated carbocycles. The molecule has 0 bridgehead atoms. The Balaban J connectivity index is 2.18. The number of halogens is 1. The van der Waals surface area contributed by atoms with Gasteiger partial charge in [0.1, 0.15) is 5.54 Å². The number of rotatable bonds is 3. The second-order valence-electron chi connectivity index (χ2n) is 3.82. The van der Waals surface area contributed by atoms with Crippen LogP contribution in [-0.2, 0) is 4.79 Å². The van der Waals surface area contributed by atoms with E-state index in [2.05, 4.69) is 21.2 Å². The van der Waals surface area contributed by atoms with Gasteiger partial charge in [-0.05, 0) is 36.4 Å². The Labute approximate surface area is 107 Å². The van der Waals surface area contributed by atoms with Crippen molar-refractivity contribution in [3.05, 3.63) is 28.7 Å². The lowest BCUT2D eigenvalue weighted by Crippen LogP contribution is -2.46. The summed E-state index contributed by atoms with van der Waals surface area (Å²) >= 11 is 5.03. The molecule has 1 atom stereocenters. The van der Waals surface area contributed by atoms with Crippen molar-refractivity contribution in [2.45, 2.75) is 12.0 Å². The molecule has 1 aliphatic rings. The van der Waals surface area contributed by atoms with Gasteiger partial charge in [0.2, 0.25) is 0 Å². The minimum atomic E-state index is -0.793. The van der Waals surface area contributed by atoms with Crippen molar-refractivity contribution in [3.63, 3.8) is 0 Å². The van der Waals surface area contributed by atoms with E-state index in [0.717, 1.165) is 15.9 Å². The van der Waals surface area contributed by atoms with Crippen LogP contribution in [0.5, 0.6) is 0 Å². The van der Waals surface area contributed by atoms with Gasteiger partial charge in [0.25, 0.3) is 0 Å². The summed E-state index contributed by atoms with van der Waals surface area (Å²) in [6.07, 6.45) is 0.670. The summed E-state index contributed by atoms with van der Waals surface area (Å²) < 4.78 is 0.989. The SMILES string of the molecule is O=C(O)C1(Nc2ccc(Br)cc2)CCSC1. The number of carboxylic acids is 1. The zero-order chi connectivity index (χ0) is 11.6. The molecule has 2 N–H and O–H groups in total. The van der Waals surface area contributed by atoms with Gasteiger partial charge in [-0.15, -0.1) is 0 Å². The maximum Gasteiger partial charge on any atom is 0.330 e. The molecule has 0 amide bonds. The molecule has 5 heteroatoms. The molecule has 1 fully saturated rings. The number of benzene rings is 1. The normalized spacial score (nSPS) is 24.3. The Morgan fingerprint density at radius 2 is 2.12 bits per heavy atom.